The molecule has 0 atom stereocenters. The molecular formula is C12H17NO2. The minimum Gasteiger partial charge on any atom is -0.507 e. The van der Waals surface area contributed by atoms with Crippen molar-refractivity contribution < 1.29 is 9.84 Å². The van der Waals surface area contributed by atoms with Crippen LogP contribution in [0.2, 0.25) is 0 Å². The molecule has 0 aliphatic rings. The lowest BCUT2D eigenvalue weighted by molar-refractivity contribution is 0.406. The monoisotopic (exact) mass is 207 g/mol. The van der Waals surface area contributed by atoms with Gasteiger partial charge < -0.3 is 15.2 Å². The van der Waals surface area contributed by atoms with Gasteiger partial charge in [0.05, 0.1) is 7.11 Å². The fourth-order valence-electron chi connectivity index (χ4n) is 1.23. The molecule has 0 saturated carbocycles. The highest BCUT2D eigenvalue weighted by molar-refractivity contribution is 5.39. The van der Waals surface area contributed by atoms with Crippen LogP contribution in [0.5, 0.6) is 11.5 Å². The normalized spacial score (nSPS) is 10.0. The lowest BCUT2D eigenvalue weighted by Gasteiger charge is -2.08. The van der Waals surface area contributed by atoms with Gasteiger partial charge in [-0.2, -0.15) is 0 Å². The van der Waals surface area contributed by atoms with E-state index in [4.69, 9.17) is 4.74 Å². The maximum atomic E-state index is 9.65. The number of methoxy groups -OCH3 is 1. The minimum atomic E-state index is 0.253. The van der Waals surface area contributed by atoms with Crippen LogP contribution in [0.25, 0.3) is 0 Å². The summed E-state index contributed by atoms with van der Waals surface area (Å²) in [6.07, 6.45) is 0. The third kappa shape index (κ3) is 3.64. The van der Waals surface area contributed by atoms with E-state index in [1.54, 1.807) is 13.2 Å². The first kappa shape index (κ1) is 11.6. The molecule has 15 heavy (non-hydrogen) atoms. The van der Waals surface area contributed by atoms with Crippen molar-refractivity contribution in [3.05, 3.63) is 35.9 Å². The van der Waals surface area contributed by atoms with Gasteiger partial charge in [-0.1, -0.05) is 18.2 Å². The SMILES string of the molecule is C=C(C)CNCc1ccc(OC)cc1O. The van der Waals surface area contributed by atoms with Crippen LogP contribution in [0.1, 0.15) is 12.5 Å². The molecule has 3 nitrogen and oxygen atoms in total. The summed E-state index contributed by atoms with van der Waals surface area (Å²) in [7, 11) is 1.58. The van der Waals surface area contributed by atoms with Crippen molar-refractivity contribution in [1.82, 2.24) is 5.32 Å². The van der Waals surface area contributed by atoms with E-state index in [9.17, 15) is 5.11 Å². The Labute approximate surface area is 90.4 Å². The van der Waals surface area contributed by atoms with Crippen LogP contribution in [-0.4, -0.2) is 18.8 Å². The smallest absolute Gasteiger partial charge is 0.123 e. The van der Waals surface area contributed by atoms with Crippen molar-refractivity contribution in [2.75, 3.05) is 13.7 Å². The highest BCUT2D eigenvalue weighted by Gasteiger charge is 2.02. The maximum absolute atomic E-state index is 9.65. The average Bonchev–Trinajstić information content (AvgIpc) is 2.20. The molecule has 3 heteroatoms. The molecule has 0 radical (unpaired) electrons. The molecule has 1 aromatic rings. The second-order valence-corrected chi connectivity index (χ2v) is 3.56. The first-order chi connectivity index (χ1) is 7.13. The number of phenols is 1. The molecular weight excluding hydrogens is 190 g/mol. The van der Waals surface area contributed by atoms with E-state index in [0.717, 1.165) is 17.7 Å². The third-order valence-electron chi connectivity index (χ3n) is 2.03. The minimum absolute atomic E-state index is 0.253. The Morgan fingerprint density at radius 2 is 2.27 bits per heavy atom. The van der Waals surface area contributed by atoms with Crippen molar-refractivity contribution in [2.45, 2.75) is 13.5 Å². The molecule has 0 aliphatic heterocycles. The predicted octanol–water partition coefficient (Wildman–Crippen LogP) is 2.07. The average molecular weight is 207 g/mol. The lowest BCUT2D eigenvalue weighted by atomic mass is 10.2. The van der Waals surface area contributed by atoms with Crippen molar-refractivity contribution in [2.24, 2.45) is 0 Å². The molecule has 0 aliphatic carbocycles. The van der Waals surface area contributed by atoms with Crippen LogP contribution in [0, 0.1) is 0 Å². The summed E-state index contributed by atoms with van der Waals surface area (Å²) in [5.41, 5.74) is 1.93. The highest BCUT2D eigenvalue weighted by atomic mass is 16.5. The quantitative estimate of drug-likeness (QED) is 0.726. The molecule has 0 saturated heterocycles. The molecule has 1 rings (SSSR count). The van der Waals surface area contributed by atoms with Crippen LogP contribution in [0.4, 0.5) is 0 Å². The Morgan fingerprint density at radius 1 is 1.53 bits per heavy atom. The molecule has 1 aromatic carbocycles. The first-order valence-corrected chi connectivity index (χ1v) is 4.84. The van der Waals surface area contributed by atoms with E-state index in [1.807, 2.05) is 19.1 Å². The molecule has 0 amide bonds. The molecule has 0 fully saturated rings. The van der Waals surface area contributed by atoms with Crippen molar-refractivity contribution in [3.63, 3.8) is 0 Å². The number of ether oxygens (including phenoxy) is 1. The van der Waals surface area contributed by atoms with E-state index in [-0.39, 0.29) is 5.75 Å². The number of phenolic OH excluding ortho intramolecular Hbond substituents is 1. The van der Waals surface area contributed by atoms with Crippen LogP contribution < -0.4 is 10.1 Å². The van der Waals surface area contributed by atoms with Gasteiger partial charge in [0, 0.05) is 24.7 Å². The predicted molar refractivity (Wildman–Crippen MR) is 61.2 cm³/mol. The van der Waals surface area contributed by atoms with E-state index in [1.165, 1.54) is 0 Å². The summed E-state index contributed by atoms with van der Waals surface area (Å²) in [5, 5.41) is 12.8. The van der Waals surface area contributed by atoms with Crippen LogP contribution >= 0.6 is 0 Å². The van der Waals surface area contributed by atoms with Gasteiger partial charge in [-0.3, -0.25) is 0 Å². The summed E-state index contributed by atoms with van der Waals surface area (Å²) in [4.78, 5) is 0. The van der Waals surface area contributed by atoms with Gasteiger partial charge in [0.15, 0.2) is 0 Å². The second kappa shape index (κ2) is 5.41. The highest BCUT2D eigenvalue weighted by Crippen LogP contribution is 2.22. The lowest BCUT2D eigenvalue weighted by Crippen LogP contribution is -2.15. The van der Waals surface area contributed by atoms with Gasteiger partial charge in [-0.15, -0.1) is 0 Å². The van der Waals surface area contributed by atoms with Gasteiger partial charge in [0.1, 0.15) is 11.5 Å². The van der Waals surface area contributed by atoms with Crippen LogP contribution in [0.3, 0.4) is 0 Å². The molecule has 0 spiro atoms. The van der Waals surface area contributed by atoms with E-state index in [2.05, 4.69) is 11.9 Å². The molecule has 2 N–H and O–H groups in total. The van der Waals surface area contributed by atoms with E-state index in [0.29, 0.717) is 12.3 Å². The maximum Gasteiger partial charge on any atom is 0.123 e. The third-order valence-corrected chi connectivity index (χ3v) is 2.03. The van der Waals surface area contributed by atoms with Gasteiger partial charge in [-0.25, -0.2) is 0 Å². The van der Waals surface area contributed by atoms with Crippen molar-refractivity contribution in [3.8, 4) is 11.5 Å². The number of rotatable bonds is 5. The Bertz CT molecular complexity index is 347. The Kier molecular flexibility index (Phi) is 4.18. The van der Waals surface area contributed by atoms with Gasteiger partial charge in [0.2, 0.25) is 0 Å². The first-order valence-electron chi connectivity index (χ1n) is 4.84. The number of benzene rings is 1. The van der Waals surface area contributed by atoms with Crippen LogP contribution in [-0.2, 0) is 6.54 Å². The summed E-state index contributed by atoms with van der Waals surface area (Å²) in [6, 6.07) is 5.29. The molecule has 0 heterocycles. The number of hydrogen-bond acceptors (Lipinski definition) is 3. The number of nitrogens with one attached hydrogen (secondary N) is 1. The number of aromatic hydroxyl groups is 1. The topological polar surface area (TPSA) is 41.5 Å². The standard InChI is InChI=1S/C12H17NO2/c1-9(2)7-13-8-10-4-5-11(15-3)6-12(10)14/h4-6,13-14H,1,7-8H2,2-3H3. The summed E-state index contributed by atoms with van der Waals surface area (Å²) in [6.45, 7) is 7.13. The fraction of sp³-hybridized carbons (Fsp3) is 0.333. The Hall–Kier alpha value is -1.48. The molecule has 0 unspecified atom stereocenters. The van der Waals surface area contributed by atoms with Gasteiger partial charge in [-0.05, 0) is 13.0 Å². The van der Waals surface area contributed by atoms with Gasteiger partial charge >= 0.3 is 0 Å². The second-order valence-electron chi connectivity index (χ2n) is 3.56. The zero-order valence-corrected chi connectivity index (χ0v) is 9.21. The zero-order valence-electron chi connectivity index (χ0n) is 9.21. The zero-order chi connectivity index (χ0) is 11.3. The van der Waals surface area contributed by atoms with E-state index < -0.39 is 0 Å². The Morgan fingerprint density at radius 3 is 2.80 bits per heavy atom. The Balaban J connectivity index is 2.58. The summed E-state index contributed by atoms with van der Waals surface area (Å²) >= 11 is 0. The molecule has 82 valence electrons. The molecule has 0 bridgehead atoms. The number of hydrogen-bond donors (Lipinski definition) is 2. The fourth-order valence-corrected chi connectivity index (χ4v) is 1.23. The van der Waals surface area contributed by atoms with Crippen molar-refractivity contribution >= 4 is 0 Å². The van der Waals surface area contributed by atoms with Gasteiger partial charge in [0.25, 0.3) is 0 Å². The summed E-state index contributed by atoms with van der Waals surface area (Å²) < 4.78 is 5.00. The van der Waals surface area contributed by atoms with Crippen LogP contribution in [0.15, 0.2) is 30.4 Å². The van der Waals surface area contributed by atoms with E-state index >= 15 is 0 Å². The largest absolute Gasteiger partial charge is 0.507 e. The summed E-state index contributed by atoms with van der Waals surface area (Å²) in [5.74, 6) is 0.916. The van der Waals surface area contributed by atoms with Crippen molar-refractivity contribution in [1.29, 1.82) is 0 Å². The molecule has 0 aromatic heterocycles.